The normalized spacial score (nSPS) is 17.8. The molecule has 1 aromatic carbocycles. The van der Waals surface area contributed by atoms with Crippen molar-refractivity contribution in [3.8, 4) is 5.69 Å². The van der Waals surface area contributed by atoms with Crippen LogP contribution in [0, 0.1) is 5.92 Å². The maximum atomic E-state index is 12.1. The van der Waals surface area contributed by atoms with Gasteiger partial charge >= 0.3 is 0 Å². The third kappa shape index (κ3) is 6.23. The highest BCUT2D eigenvalue weighted by Crippen LogP contribution is 2.21. The van der Waals surface area contributed by atoms with Crippen molar-refractivity contribution in [3.05, 3.63) is 35.6 Å². The zero-order valence-corrected chi connectivity index (χ0v) is 17.2. The van der Waals surface area contributed by atoms with Crippen molar-refractivity contribution in [2.75, 3.05) is 31.9 Å². The predicted octanol–water partition coefficient (Wildman–Crippen LogP) is 3.25. The van der Waals surface area contributed by atoms with E-state index in [-0.39, 0.29) is 5.91 Å². The largest absolute Gasteiger partial charge is 0.355 e. The smallest absolute Gasteiger partial charge is 0.230 e. The molecule has 1 unspecified atom stereocenters. The molecular formula is C19H26ClN5OS. The number of carbonyl (C=O) groups excluding carboxylic acids is 1. The van der Waals surface area contributed by atoms with E-state index in [0.29, 0.717) is 22.5 Å². The SMILES string of the molecule is CC1CCCN(CCCNC(=O)CSc2nncn2-c2cccc(Cl)c2)C1. The van der Waals surface area contributed by atoms with Crippen molar-refractivity contribution < 1.29 is 4.79 Å². The third-order valence-corrected chi connectivity index (χ3v) is 5.83. The first-order valence-electron chi connectivity index (χ1n) is 9.39. The number of rotatable bonds is 8. The second kappa shape index (κ2) is 10.1. The fourth-order valence-electron chi connectivity index (χ4n) is 3.33. The first kappa shape index (κ1) is 20.2. The van der Waals surface area contributed by atoms with Crippen molar-refractivity contribution in [2.24, 2.45) is 5.92 Å². The standard InChI is InChI=1S/C19H26ClN5OS/c1-15-5-3-9-24(12-15)10-4-8-21-18(26)13-27-19-23-22-14-25(19)17-7-2-6-16(20)11-17/h2,6-7,11,14-15H,3-5,8-10,12-13H2,1H3,(H,21,26). The van der Waals surface area contributed by atoms with E-state index in [4.69, 9.17) is 11.6 Å². The average Bonchev–Trinajstić information content (AvgIpc) is 3.12. The number of nitrogens with one attached hydrogen (secondary N) is 1. The minimum atomic E-state index is 0.0210. The Morgan fingerprint density at radius 1 is 1.44 bits per heavy atom. The van der Waals surface area contributed by atoms with Gasteiger partial charge in [0.25, 0.3) is 0 Å². The maximum Gasteiger partial charge on any atom is 0.230 e. The zero-order valence-electron chi connectivity index (χ0n) is 15.6. The Morgan fingerprint density at radius 2 is 2.33 bits per heavy atom. The van der Waals surface area contributed by atoms with Crippen LogP contribution < -0.4 is 5.32 Å². The topological polar surface area (TPSA) is 63.1 Å². The van der Waals surface area contributed by atoms with Gasteiger partial charge in [-0.3, -0.25) is 9.36 Å². The number of aromatic nitrogens is 3. The fourth-order valence-corrected chi connectivity index (χ4v) is 4.27. The molecule has 1 N–H and O–H groups in total. The number of amides is 1. The highest BCUT2D eigenvalue weighted by molar-refractivity contribution is 7.99. The summed E-state index contributed by atoms with van der Waals surface area (Å²) >= 11 is 7.42. The molecule has 146 valence electrons. The molecule has 1 aliphatic heterocycles. The van der Waals surface area contributed by atoms with E-state index in [1.807, 2.05) is 28.8 Å². The Kier molecular flexibility index (Phi) is 7.55. The van der Waals surface area contributed by atoms with Crippen molar-refractivity contribution in [1.29, 1.82) is 0 Å². The van der Waals surface area contributed by atoms with Crippen LogP contribution in [0.5, 0.6) is 0 Å². The molecule has 1 saturated heterocycles. The van der Waals surface area contributed by atoms with Crippen LogP contribution in [-0.4, -0.2) is 57.5 Å². The second-order valence-corrected chi connectivity index (χ2v) is 8.38. The van der Waals surface area contributed by atoms with Gasteiger partial charge in [-0.1, -0.05) is 36.4 Å². The maximum absolute atomic E-state index is 12.1. The molecule has 0 bridgehead atoms. The van der Waals surface area contributed by atoms with E-state index in [9.17, 15) is 4.79 Å². The summed E-state index contributed by atoms with van der Waals surface area (Å²) in [5.41, 5.74) is 0.881. The van der Waals surface area contributed by atoms with Gasteiger partial charge < -0.3 is 10.2 Å². The summed E-state index contributed by atoms with van der Waals surface area (Å²) in [7, 11) is 0. The van der Waals surface area contributed by atoms with Gasteiger partial charge in [0.15, 0.2) is 5.16 Å². The molecule has 1 aromatic heterocycles. The summed E-state index contributed by atoms with van der Waals surface area (Å²) in [5.74, 6) is 1.13. The van der Waals surface area contributed by atoms with Crippen LogP contribution in [0.1, 0.15) is 26.2 Å². The van der Waals surface area contributed by atoms with E-state index in [1.54, 1.807) is 6.33 Å². The summed E-state index contributed by atoms with van der Waals surface area (Å²) in [6.45, 7) is 6.45. The number of likely N-dealkylation sites (tertiary alicyclic amines) is 1. The molecule has 1 atom stereocenters. The Balaban J connectivity index is 1.39. The quantitative estimate of drug-likeness (QED) is 0.537. The lowest BCUT2D eigenvalue weighted by molar-refractivity contribution is -0.118. The number of nitrogens with zero attached hydrogens (tertiary/aromatic N) is 4. The van der Waals surface area contributed by atoms with Gasteiger partial charge in [0.1, 0.15) is 6.33 Å². The molecule has 0 aliphatic carbocycles. The number of halogens is 1. The summed E-state index contributed by atoms with van der Waals surface area (Å²) in [5, 5.41) is 12.4. The average molecular weight is 408 g/mol. The molecule has 1 amide bonds. The minimum Gasteiger partial charge on any atom is -0.355 e. The fraction of sp³-hybridized carbons (Fsp3) is 0.526. The van der Waals surface area contributed by atoms with E-state index in [1.165, 1.54) is 37.7 Å². The Hall–Kier alpha value is -1.57. The number of carbonyl (C=O) groups is 1. The molecule has 2 heterocycles. The lowest BCUT2D eigenvalue weighted by Crippen LogP contribution is -2.36. The summed E-state index contributed by atoms with van der Waals surface area (Å²) in [6, 6.07) is 7.47. The number of piperidine rings is 1. The number of benzene rings is 1. The van der Waals surface area contributed by atoms with Crippen LogP contribution in [-0.2, 0) is 4.79 Å². The van der Waals surface area contributed by atoms with Crippen LogP contribution in [0.25, 0.3) is 5.69 Å². The van der Waals surface area contributed by atoms with Crippen LogP contribution >= 0.6 is 23.4 Å². The molecule has 0 radical (unpaired) electrons. The van der Waals surface area contributed by atoms with E-state index in [2.05, 4.69) is 27.3 Å². The molecule has 2 aromatic rings. The van der Waals surface area contributed by atoms with Gasteiger partial charge in [0.05, 0.1) is 11.4 Å². The first-order chi connectivity index (χ1) is 13.1. The minimum absolute atomic E-state index is 0.0210. The van der Waals surface area contributed by atoms with Gasteiger partial charge in [-0.15, -0.1) is 10.2 Å². The van der Waals surface area contributed by atoms with Gasteiger partial charge in [-0.05, 0) is 56.5 Å². The van der Waals surface area contributed by atoms with E-state index in [0.717, 1.165) is 24.6 Å². The van der Waals surface area contributed by atoms with Gasteiger partial charge in [-0.25, -0.2) is 0 Å². The number of hydrogen-bond acceptors (Lipinski definition) is 5. The second-order valence-electron chi connectivity index (χ2n) is 7.00. The zero-order chi connectivity index (χ0) is 19.1. The van der Waals surface area contributed by atoms with Crippen LogP contribution in [0.15, 0.2) is 35.7 Å². The van der Waals surface area contributed by atoms with Crippen molar-refractivity contribution in [1.82, 2.24) is 25.0 Å². The van der Waals surface area contributed by atoms with Gasteiger partial charge in [0, 0.05) is 18.1 Å². The van der Waals surface area contributed by atoms with Crippen LogP contribution in [0.2, 0.25) is 5.02 Å². The highest BCUT2D eigenvalue weighted by Gasteiger charge is 2.15. The molecule has 0 saturated carbocycles. The summed E-state index contributed by atoms with van der Waals surface area (Å²) in [4.78, 5) is 14.6. The lowest BCUT2D eigenvalue weighted by atomic mass is 10.0. The Bertz CT molecular complexity index is 753. The van der Waals surface area contributed by atoms with Crippen molar-refractivity contribution in [3.63, 3.8) is 0 Å². The monoisotopic (exact) mass is 407 g/mol. The highest BCUT2D eigenvalue weighted by atomic mass is 35.5. The molecule has 8 heteroatoms. The van der Waals surface area contributed by atoms with Gasteiger partial charge in [0.2, 0.25) is 5.91 Å². The van der Waals surface area contributed by atoms with E-state index < -0.39 is 0 Å². The first-order valence-corrected chi connectivity index (χ1v) is 10.8. The summed E-state index contributed by atoms with van der Waals surface area (Å²) in [6.07, 6.45) is 5.25. The molecular weight excluding hydrogens is 382 g/mol. The van der Waals surface area contributed by atoms with Crippen LogP contribution in [0.4, 0.5) is 0 Å². The van der Waals surface area contributed by atoms with Crippen molar-refractivity contribution in [2.45, 2.75) is 31.3 Å². The van der Waals surface area contributed by atoms with Crippen LogP contribution in [0.3, 0.4) is 0 Å². The van der Waals surface area contributed by atoms with Crippen molar-refractivity contribution >= 4 is 29.3 Å². The molecule has 6 nitrogen and oxygen atoms in total. The number of hydrogen-bond donors (Lipinski definition) is 1. The molecule has 0 spiro atoms. The molecule has 27 heavy (non-hydrogen) atoms. The predicted molar refractivity (Wildman–Crippen MR) is 110 cm³/mol. The molecule has 1 aliphatic rings. The number of thioether (sulfide) groups is 1. The lowest BCUT2D eigenvalue weighted by Gasteiger charge is -2.30. The summed E-state index contributed by atoms with van der Waals surface area (Å²) < 4.78 is 1.83. The van der Waals surface area contributed by atoms with Gasteiger partial charge in [-0.2, -0.15) is 0 Å². The van der Waals surface area contributed by atoms with E-state index >= 15 is 0 Å². The Morgan fingerprint density at radius 3 is 3.15 bits per heavy atom. The third-order valence-electron chi connectivity index (χ3n) is 4.65. The Labute approximate surface area is 169 Å². The molecule has 1 fully saturated rings. The molecule has 3 rings (SSSR count).